The maximum Gasteiger partial charge on any atom is 0.410 e. The molecule has 0 spiro atoms. The lowest BCUT2D eigenvalue weighted by Crippen LogP contribution is -2.36. The molecule has 2 heterocycles. The summed E-state index contributed by atoms with van der Waals surface area (Å²) in [6, 6.07) is 6.92. The van der Waals surface area contributed by atoms with Gasteiger partial charge < -0.3 is 9.64 Å². The molecule has 1 amide bonds. The quantitative estimate of drug-likeness (QED) is 0.773. The van der Waals surface area contributed by atoms with Crippen LogP contribution in [0.4, 0.5) is 4.79 Å². The molecule has 1 saturated heterocycles. The highest BCUT2D eigenvalue weighted by Gasteiger charge is 2.39. The van der Waals surface area contributed by atoms with E-state index in [0.717, 1.165) is 0 Å². The molecule has 1 aliphatic heterocycles. The number of benzene rings is 1. The summed E-state index contributed by atoms with van der Waals surface area (Å²) in [5.74, 6) is 0. The molecular weight excluding hydrogens is 378 g/mol. The normalized spacial score (nSPS) is 18.3. The van der Waals surface area contributed by atoms with Crippen molar-refractivity contribution in [2.45, 2.75) is 43.1 Å². The highest BCUT2D eigenvalue weighted by atomic mass is 35.5. The third kappa shape index (κ3) is 3.76. The lowest BCUT2D eigenvalue weighted by atomic mass is 10.2. The monoisotopic (exact) mass is 397 g/mol. The number of hydrogen-bond donors (Lipinski definition) is 0. The average Bonchev–Trinajstić information content (AvgIpc) is 3.03. The highest BCUT2D eigenvalue weighted by molar-refractivity contribution is 7.92. The van der Waals surface area contributed by atoms with Gasteiger partial charge in [0.2, 0.25) is 9.84 Å². The van der Waals surface area contributed by atoms with Gasteiger partial charge in [-0.2, -0.15) is 0 Å². The average molecular weight is 398 g/mol. The molecule has 0 N–H and O–H groups in total. The molecule has 1 fully saturated rings. The number of ether oxygens (including phenoxy) is 1. The molecule has 0 radical (unpaired) electrons. The van der Waals surface area contributed by atoms with Crippen molar-refractivity contribution in [2.75, 3.05) is 13.1 Å². The predicted molar refractivity (Wildman–Crippen MR) is 97.9 cm³/mol. The van der Waals surface area contributed by atoms with Gasteiger partial charge in [0, 0.05) is 13.1 Å². The molecular formula is C17H20ClN3O4S. The van der Waals surface area contributed by atoms with Gasteiger partial charge in [0.25, 0.3) is 0 Å². The topological polar surface area (TPSA) is 89.5 Å². The van der Waals surface area contributed by atoms with Crippen LogP contribution in [0.1, 0.15) is 27.2 Å². The molecule has 1 unspecified atom stereocenters. The smallest absolute Gasteiger partial charge is 0.410 e. The molecule has 26 heavy (non-hydrogen) atoms. The van der Waals surface area contributed by atoms with Crippen LogP contribution in [0.3, 0.4) is 0 Å². The molecule has 1 aromatic carbocycles. The largest absolute Gasteiger partial charge is 0.444 e. The van der Waals surface area contributed by atoms with Crippen molar-refractivity contribution in [3.05, 3.63) is 29.4 Å². The van der Waals surface area contributed by atoms with Crippen LogP contribution in [0.5, 0.6) is 0 Å². The molecule has 2 aromatic rings. The van der Waals surface area contributed by atoms with Crippen LogP contribution in [0.2, 0.25) is 5.15 Å². The van der Waals surface area contributed by atoms with Gasteiger partial charge in [0.15, 0.2) is 10.2 Å². The van der Waals surface area contributed by atoms with Crippen LogP contribution in [-0.2, 0) is 14.6 Å². The molecule has 0 bridgehead atoms. The summed E-state index contributed by atoms with van der Waals surface area (Å²) in [7, 11) is -3.83. The molecule has 3 rings (SSSR count). The van der Waals surface area contributed by atoms with Crippen LogP contribution < -0.4 is 0 Å². The third-order valence-corrected chi connectivity index (χ3v) is 6.47. The maximum absolute atomic E-state index is 13.0. The number of para-hydroxylation sites is 2. The lowest BCUT2D eigenvalue weighted by Gasteiger charge is -2.24. The summed E-state index contributed by atoms with van der Waals surface area (Å²) in [6.45, 7) is 5.64. The molecule has 9 heteroatoms. The number of rotatable bonds is 2. The number of halogens is 1. The van der Waals surface area contributed by atoms with Crippen molar-refractivity contribution in [1.82, 2.24) is 14.9 Å². The molecule has 140 valence electrons. The summed E-state index contributed by atoms with van der Waals surface area (Å²) in [5.41, 5.74) is 0.344. The van der Waals surface area contributed by atoms with Gasteiger partial charge >= 0.3 is 6.09 Å². The Morgan fingerprint density at radius 1 is 1.23 bits per heavy atom. The molecule has 0 aliphatic carbocycles. The highest BCUT2D eigenvalue weighted by Crippen LogP contribution is 2.29. The van der Waals surface area contributed by atoms with Crippen LogP contribution in [0, 0.1) is 0 Å². The van der Waals surface area contributed by atoms with Crippen LogP contribution in [0.25, 0.3) is 11.0 Å². The van der Waals surface area contributed by atoms with Crippen LogP contribution in [-0.4, -0.2) is 53.3 Å². The first-order chi connectivity index (χ1) is 12.1. The van der Waals surface area contributed by atoms with E-state index in [9.17, 15) is 13.2 Å². The van der Waals surface area contributed by atoms with Gasteiger partial charge in [-0.1, -0.05) is 23.7 Å². The number of carbonyl (C=O) groups is 1. The van der Waals surface area contributed by atoms with E-state index in [1.165, 1.54) is 4.90 Å². The minimum Gasteiger partial charge on any atom is -0.444 e. The fourth-order valence-electron chi connectivity index (χ4n) is 2.78. The Kier molecular flexibility index (Phi) is 4.83. The van der Waals surface area contributed by atoms with E-state index in [1.54, 1.807) is 45.0 Å². The SMILES string of the molecule is CC(C)(C)OC(=O)N1CCC(S(=O)(=O)c2nc3ccccc3nc2Cl)C1. The second-order valence-corrected chi connectivity index (χ2v) is 9.69. The van der Waals surface area contributed by atoms with Crippen molar-refractivity contribution in [1.29, 1.82) is 0 Å². The number of fused-ring (bicyclic) bond motifs is 1. The Morgan fingerprint density at radius 3 is 2.46 bits per heavy atom. The Bertz CT molecular complexity index is 956. The van der Waals surface area contributed by atoms with Crippen molar-refractivity contribution in [3.63, 3.8) is 0 Å². The number of aromatic nitrogens is 2. The van der Waals surface area contributed by atoms with Gasteiger partial charge in [-0.15, -0.1) is 0 Å². The summed E-state index contributed by atoms with van der Waals surface area (Å²) in [5, 5.41) is -1.18. The Morgan fingerprint density at radius 2 is 1.85 bits per heavy atom. The van der Waals surface area contributed by atoms with Crippen molar-refractivity contribution < 1.29 is 17.9 Å². The minimum atomic E-state index is -3.83. The van der Waals surface area contributed by atoms with E-state index < -0.39 is 26.8 Å². The zero-order chi connectivity index (χ0) is 19.1. The lowest BCUT2D eigenvalue weighted by molar-refractivity contribution is 0.0295. The second-order valence-electron chi connectivity index (χ2n) is 7.19. The Hall–Kier alpha value is -1.93. The first-order valence-electron chi connectivity index (χ1n) is 8.22. The zero-order valence-electron chi connectivity index (χ0n) is 14.8. The first-order valence-corrected chi connectivity index (χ1v) is 10.1. The first kappa shape index (κ1) is 18.8. The minimum absolute atomic E-state index is 0.0437. The molecule has 1 aliphatic rings. The number of sulfone groups is 1. The van der Waals surface area contributed by atoms with Gasteiger partial charge in [-0.3, -0.25) is 0 Å². The van der Waals surface area contributed by atoms with E-state index >= 15 is 0 Å². The zero-order valence-corrected chi connectivity index (χ0v) is 16.3. The standard InChI is InChI=1S/C17H20ClN3O4S/c1-17(2,3)25-16(22)21-9-8-11(10-21)26(23,24)15-14(18)19-12-6-4-5-7-13(12)20-15/h4-7,11H,8-10H2,1-3H3. The van der Waals surface area contributed by atoms with Crippen LogP contribution in [0.15, 0.2) is 29.3 Å². The fourth-order valence-corrected chi connectivity index (χ4v) is 4.84. The van der Waals surface area contributed by atoms with Gasteiger partial charge in [-0.05, 0) is 39.3 Å². The fraction of sp³-hybridized carbons (Fsp3) is 0.471. The Labute approximate surface area is 157 Å². The number of carbonyl (C=O) groups excluding carboxylic acids is 1. The Balaban J connectivity index is 1.85. The van der Waals surface area contributed by atoms with E-state index in [4.69, 9.17) is 16.3 Å². The van der Waals surface area contributed by atoms with E-state index in [1.807, 2.05) is 0 Å². The van der Waals surface area contributed by atoms with Crippen molar-refractivity contribution in [2.24, 2.45) is 0 Å². The summed E-state index contributed by atoms with van der Waals surface area (Å²) >= 11 is 6.09. The predicted octanol–water partition coefficient (Wildman–Crippen LogP) is 3.07. The van der Waals surface area contributed by atoms with E-state index in [0.29, 0.717) is 24.0 Å². The molecule has 1 atom stereocenters. The summed E-state index contributed by atoms with van der Waals surface area (Å²) in [6.07, 6.45) is -0.224. The van der Waals surface area contributed by atoms with E-state index in [-0.39, 0.29) is 16.7 Å². The van der Waals surface area contributed by atoms with Crippen LogP contribution >= 0.6 is 11.6 Å². The third-order valence-electron chi connectivity index (χ3n) is 4.00. The number of hydrogen-bond acceptors (Lipinski definition) is 6. The second kappa shape index (κ2) is 6.66. The summed E-state index contributed by atoms with van der Waals surface area (Å²) in [4.78, 5) is 21.9. The van der Waals surface area contributed by atoms with Gasteiger partial charge in [0.1, 0.15) is 5.60 Å². The van der Waals surface area contributed by atoms with Crippen molar-refractivity contribution >= 4 is 38.6 Å². The van der Waals surface area contributed by atoms with Crippen molar-refractivity contribution in [3.8, 4) is 0 Å². The number of nitrogens with zero attached hydrogens (tertiary/aromatic N) is 3. The molecule has 0 saturated carbocycles. The summed E-state index contributed by atoms with van der Waals surface area (Å²) < 4.78 is 31.3. The number of likely N-dealkylation sites (tertiary alicyclic amines) is 1. The van der Waals surface area contributed by atoms with Gasteiger partial charge in [0.05, 0.1) is 16.3 Å². The molecule has 1 aromatic heterocycles. The van der Waals surface area contributed by atoms with E-state index in [2.05, 4.69) is 9.97 Å². The number of amides is 1. The maximum atomic E-state index is 13.0. The van der Waals surface area contributed by atoms with Gasteiger partial charge in [-0.25, -0.2) is 23.2 Å². The molecule has 7 nitrogen and oxygen atoms in total.